The van der Waals surface area contributed by atoms with Crippen molar-refractivity contribution in [1.29, 1.82) is 0 Å². The van der Waals surface area contributed by atoms with E-state index in [4.69, 9.17) is 15.1 Å². The summed E-state index contributed by atoms with van der Waals surface area (Å²) >= 11 is 0. The number of nitrogens with two attached hydrogens (primary N) is 3. The minimum atomic E-state index is -2.92. The highest BCUT2D eigenvalue weighted by atomic mass is 16.5. The van der Waals surface area contributed by atoms with Gasteiger partial charge >= 0.3 is 0 Å². The predicted octanol–water partition coefficient (Wildman–Crippen LogP) is -2.84. The topological polar surface area (TPSA) is 119 Å². The molecule has 0 heterocycles. The van der Waals surface area contributed by atoms with Crippen LogP contribution in [0.3, 0.4) is 0 Å². The SMILES string of the molecule is CCC[NH2+]CCC.CCC[NH2+]CCC.CCC[NH2+]CCC.[O-]B([O-])[O-]. The molecule has 0 unspecified atom stereocenters. The van der Waals surface area contributed by atoms with Crippen molar-refractivity contribution in [3.63, 3.8) is 0 Å². The van der Waals surface area contributed by atoms with E-state index < -0.39 is 7.32 Å². The van der Waals surface area contributed by atoms with Crippen molar-refractivity contribution in [2.24, 2.45) is 0 Å². The normalized spacial score (nSPS) is 9.00. The first kappa shape index (κ1) is 32.5. The molecule has 7 heteroatoms. The molecule has 0 atom stereocenters. The van der Waals surface area contributed by atoms with Crippen molar-refractivity contribution in [2.75, 3.05) is 39.3 Å². The lowest BCUT2D eigenvalue weighted by atomic mass is 10.3. The summed E-state index contributed by atoms with van der Waals surface area (Å²) < 4.78 is 0. The number of hydrogen-bond donors (Lipinski definition) is 3. The molecule has 0 saturated carbocycles. The van der Waals surface area contributed by atoms with Gasteiger partial charge < -0.3 is 31.0 Å². The van der Waals surface area contributed by atoms with Crippen molar-refractivity contribution in [2.45, 2.75) is 80.1 Å². The van der Waals surface area contributed by atoms with Crippen molar-refractivity contribution in [3.8, 4) is 0 Å². The standard InChI is InChI=1S/3C6H15N.BO3/c3*1-3-5-7-6-4-2;2-1(3)4/h3*7H,3-6H2,1-2H3;/q;;;-3/p+3. The zero-order valence-electron chi connectivity index (χ0n) is 18.0. The highest BCUT2D eigenvalue weighted by Gasteiger charge is 1.81. The van der Waals surface area contributed by atoms with Gasteiger partial charge in [-0.3, -0.25) is 7.32 Å². The van der Waals surface area contributed by atoms with E-state index in [0.717, 1.165) is 0 Å². The highest BCUT2D eigenvalue weighted by molar-refractivity contribution is 6.24. The molecule has 6 N–H and O–H groups in total. The maximum Gasteiger partial charge on any atom is 0.0752 e. The maximum absolute atomic E-state index is 8.42. The van der Waals surface area contributed by atoms with Gasteiger partial charge in [-0.25, -0.2) is 0 Å². The molecule has 0 fully saturated rings. The van der Waals surface area contributed by atoms with Crippen LogP contribution in [0, 0.1) is 0 Å². The summed E-state index contributed by atoms with van der Waals surface area (Å²) in [6.45, 7) is 21.1. The third-order valence-electron chi connectivity index (χ3n) is 2.96. The van der Waals surface area contributed by atoms with Gasteiger partial charge in [-0.2, -0.15) is 0 Å². The van der Waals surface area contributed by atoms with E-state index >= 15 is 0 Å². The monoisotopic (exact) mass is 365 g/mol. The highest BCUT2D eigenvalue weighted by Crippen LogP contribution is 1.63. The number of quaternary nitrogens is 3. The van der Waals surface area contributed by atoms with Crippen molar-refractivity contribution in [3.05, 3.63) is 0 Å². The second-order valence-corrected chi connectivity index (χ2v) is 5.89. The number of hydrogen-bond acceptors (Lipinski definition) is 3. The third-order valence-corrected chi connectivity index (χ3v) is 2.96. The van der Waals surface area contributed by atoms with Gasteiger partial charge in [0.2, 0.25) is 0 Å². The van der Waals surface area contributed by atoms with E-state index in [-0.39, 0.29) is 0 Å². The quantitative estimate of drug-likeness (QED) is 0.255. The summed E-state index contributed by atoms with van der Waals surface area (Å²) in [6.07, 6.45) is 7.83. The molecule has 0 aliphatic heterocycles. The molecule has 0 spiro atoms. The van der Waals surface area contributed by atoms with Crippen molar-refractivity contribution < 1.29 is 31.0 Å². The second-order valence-electron chi connectivity index (χ2n) is 5.89. The molecule has 0 aromatic carbocycles. The first-order valence-corrected chi connectivity index (χ1v) is 10.4. The lowest BCUT2D eigenvalue weighted by Crippen LogP contribution is -2.84. The Bertz CT molecular complexity index is 141. The second kappa shape index (κ2) is 39.1. The van der Waals surface area contributed by atoms with Gasteiger partial charge in [-0.1, -0.05) is 41.5 Å². The van der Waals surface area contributed by atoms with Gasteiger partial charge in [0, 0.05) is 0 Å². The Morgan fingerprint density at radius 2 is 0.560 bits per heavy atom. The summed E-state index contributed by atoms with van der Waals surface area (Å²) in [5.41, 5.74) is 0. The van der Waals surface area contributed by atoms with Crippen LogP contribution in [-0.4, -0.2) is 46.6 Å². The Morgan fingerprint density at radius 3 is 0.640 bits per heavy atom. The van der Waals surface area contributed by atoms with E-state index in [1.807, 2.05) is 0 Å². The summed E-state index contributed by atoms with van der Waals surface area (Å²) in [5, 5.41) is 32.3. The molecule has 0 aromatic rings. The summed E-state index contributed by atoms with van der Waals surface area (Å²) in [5.74, 6) is 0. The predicted molar refractivity (Wildman–Crippen MR) is 102 cm³/mol. The van der Waals surface area contributed by atoms with E-state index in [9.17, 15) is 0 Å². The van der Waals surface area contributed by atoms with E-state index in [0.29, 0.717) is 0 Å². The van der Waals surface area contributed by atoms with Crippen LogP contribution in [0.4, 0.5) is 0 Å². The minimum Gasteiger partial charge on any atom is -0.907 e. The average Bonchev–Trinajstić information content (AvgIpc) is 2.57. The lowest BCUT2D eigenvalue weighted by molar-refractivity contribution is -0.654. The molecule has 6 nitrogen and oxygen atoms in total. The van der Waals surface area contributed by atoms with Gasteiger partial charge in [0.25, 0.3) is 0 Å². The molecule has 156 valence electrons. The van der Waals surface area contributed by atoms with Crippen LogP contribution in [0.15, 0.2) is 0 Å². The molecule has 0 radical (unpaired) electrons. The summed E-state index contributed by atoms with van der Waals surface area (Å²) in [7, 11) is -2.92. The van der Waals surface area contributed by atoms with Gasteiger partial charge in [-0.15, -0.1) is 0 Å². The van der Waals surface area contributed by atoms with E-state index in [2.05, 4.69) is 57.5 Å². The van der Waals surface area contributed by atoms with Crippen LogP contribution in [0.1, 0.15) is 80.1 Å². The zero-order chi connectivity index (χ0) is 20.2. The fourth-order valence-electron chi connectivity index (χ4n) is 1.66. The fraction of sp³-hybridized carbons (Fsp3) is 1.00. The van der Waals surface area contributed by atoms with Gasteiger partial charge in [-0.05, 0) is 38.5 Å². The van der Waals surface area contributed by atoms with Crippen LogP contribution in [0.5, 0.6) is 0 Å². The zero-order valence-corrected chi connectivity index (χ0v) is 18.0. The molecule has 0 aliphatic carbocycles. The Labute approximate surface area is 158 Å². The Morgan fingerprint density at radius 1 is 0.440 bits per heavy atom. The smallest absolute Gasteiger partial charge is 0.0752 e. The van der Waals surface area contributed by atoms with Gasteiger partial charge in [0.1, 0.15) is 0 Å². The van der Waals surface area contributed by atoms with Crippen LogP contribution in [0.2, 0.25) is 0 Å². The molecule has 0 saturated heterocycles. The van der Waals surface area contributed by atoms with Crippen molar-refractivity contribution in [1.82, 2.24) is 0 Å². The van der Waals surface area contributed by atoms with Crippen molar-refractivity contribution >= 4 is 7.32 Å². The molecular formula is C18H48BN3O3. The lowest BCUT2D eigenvalue weighted by Gasteiger charge is -2.35. The molecule has 25 heavy (non-hydrogen) atoms. The largest absolute Gasteiger partial charge is 0.907 e. The first-order valence-electron chi connectivity index (χ1n) is 10.4. The van der Waals surface area contributed by atoms with Crippen LogP contribution in [-0.2, 0) is 0 Å². The van der Waals surface area contributed by atoms with E-state index in [1.54, 1.807) is 0 Å². The average molecular weight is 365 g/mol. The Balaban J connectivity index is -0.000000120. The third kappa shape index (κ3) is 81.2. The summed E-state index contributed by atoms with van der Waals surface area (Å²) in [4.78, 5) is 0. The van der Waals surface area contributed by atoms with E-state index in [1.165, 1.54) is 77.8 Å². The van der Waals surface area contributed by atoms with Gasteiger partial charge in [0.05, 0.1) is 39.3 Å². The molecule has 0 rings (SSSR count). The molecule has 0 aromatic heterocycles. The van der Waals surface area contributed by atoms with Crippen LogP contribution >= 0.6 is 0 Å². The molecule has 0 amide bonds. The maximum atomic E-state index is 8.42. The number of rotatable bonds is 12. The first-order chi connectivity index (χ1) is 12.0. The van der Waals surface area contributed by atoms with Crippen LogP contribution < -0.4 is 31.0 Å². The minimum absolute atomic E-state index is 1.30. The molecule has 0 bridgehead atoms. The molecular weight excluding hydrogens is 317 g/mol. The van der Waals surface area contributed by atoms with Crippen LogP contribution in [0.25, 0.3) is 0 Å². The Kier molecular flexibility index (Phi) is 50.8. The summed E-state index contributed by atoms with van der Waals surface area (Å²) in [6, 6.07) is 0. The molecule has 0 aliphatic rings. The fourth-order valence-corrected chi connectivity index (χ4v) is 1.66. The Hall–Kier alpha value is -0.175. The van der Waals surface area contributed by atoms with Gasteiger partial charge in [0.15, 0.2) is 0 Å².